The molecule has 0 fully saturated rings. The number of pyridine rings is 1. The molecule has 0 bridgehead atoms. The summed E-state index contributed by atoms with van der Waals surface area (Å²) < 4.78 is 73.1. The SMILES string of the molecule is CCOC(=O)c1c(SCC)c(-c2cn3ccc(C(F)(F)C(F)(F)F)cc3n2)nn1C. The van der Waals surface area contributed by atoms with Crippen LogP contribution in [-0.2, 0) is 17.7 Å². The lowest BCUT2D eigenvalue weighted by molar-refractivity contribution is -0.289. The van der Waals surface area contributed by atoms with Gasteiger partial charge in [-0.05, 0) is 24.8 Å². The summed E-state index contributed by atoms with van der Waals surface area (Å²) >= 11 is 1.32. The molecule has 30 heavy (non-hydrogen) atoms. The van der Waals surface area contributed by atoms with Crippen molar-refractivity contribution in [1.82, 2.24) is 19.2 Å². The van der Waals surface area contributed by atoms with Crippen molar-refractivity contribution in [2.75, 3.05) is 12.4 Å². The Labute approximate surface area is 172 Å². The van der Waals surface area contributed by atoms with Crippen molar-refractivity contribution >= 4 is 23.4 Å². The highest BCUT2D eigenvalue weighted by atomic mass is 32.2. The van der Waals surface area contributed by atoms with E-state index >= 15 is 0 Å². The Morgan fingerprint density at radius 2 is 1.93 bits per heavy atom. The molecule has 6 nitrogen and oxygen atoms in total. The van der Waals surface area contributed by atoms with E-state index in [0.29, 0.717) is 28.5 Å². The number of esters is 1. The van der Waals surface area contributed by atoms with E-state index in [9.17, 15) is 26.7 Å². The maximum atomic E-state index is 13.7. The number of aromatic nitrogens is 4. The van der Waals surface area contributed by atoms with Crippen LogP contribution in [0.3, 0.4) is 0 Å². The molecule has 3 rings (SSSR count). The Morgan fingerprint density at radius 1 is 1.23 bits per heavy atom. The van der Waals surface area contributed by atoms with Crippen molar-refractivity contribution in [3.8, 4) is 11.4 Å². The molecule has 12 heteroatoms. The standard InChI is InChI=1S/C18H17F5N4O2S/c1-4-29-16(28)14-15(30-5-2)13(25-26(14)3)11-9-27-7-6-10(8-12(27)24-11)17(19,20)18(21,22)23/h6-9H,4-5H2,1-3H3. The zero-order valence-corrected chi connectivity index (χ0v) is 16.9. The van der Waals surface area contributed by atoms with Crippen molar-refractivity contribution in [2.45, 2.75) is 30.8 Å². The third-order valence-electron chi connectivity index (χ3n) is 4.18. The zero-order chi connectivity index (χ0) is 22.3. The van der Waals surface area contributed by atoms with Gasteiger partial charge in [-0.15, -0.1) is 11.8 Å². The predicted octanol–water partition coefficient (Wildman–Crippen LogP) is 4.68. The molecular weight excluding hydrogens is 431 g/mol. The predicted molar refractivity (Wildman–Crippen MR) is 99.7 cm³/mol. The maximum Gasteiger partial charge on any atom is 0.458 e. The second-order valence-electron chi connectivity index (χ2n) is 6.18. The lowest BCUT2D eigenvalue weighted by Gasteiger charge is -2.19. The van der Waals surface area contributed by atoms with Crippen LogP contribution in [0.25, 0.3) is 17.0 Å². The van der Waals surface area contributed by atoms with E-state index in [2.05, 4.69) is 10.1 Å². The fraction of sp³-hybridized carbons (Fsp3) is 0.389. The molecule has 0 atom stereocenters. The second kappa shape index (κ2) is 7.89. The molecule has 0 spiro atoms. The lowest BCUT2D eigenvalue weighted by atomic mass is 10.1. The number of thioether (sulfide) groups is 1. The van der Waals surface area contributed by atoms with Crippen LogP contribution in [0.4, 0.5) is 22.0 Å². The third-order valence-corrected chi connectivity index (χ3v) is 5.15. The summed E-state index contributed by atoms with van der Waals surface area (Å²) in [5, 5.41) is 4.30. The Hall–Kier alpha value is -2.63. The van der Waals surface area contributed by atoms with E-state index in [4.69, 9.17) is 4.74 Å². The van der Waals surface area contributed by atoms with Crippen LogP contribution >= 0.6 is 11.8 Å². The normalized spacial score (nSPS) is 12.5. The molecule has 3 aromatic rings. The number of imidazole rings is 1. The van der Waals surface area contributed by atoms with E-state index in [1.54, 1.807) is 14.0 Å². The first-order chi connectivity index (χ1) is 14.0. The summed E-state index contributed by atoms with van der Waals surface area (Å²) in [7, 11) is 1.55. The fourth-order valence-corrected chi connectivity index (χ4v) is 3.76. The highest BCUT2D eigenvalue weighted by Gasteiger charge is 2.58. The van der Waals surface area contributed by atoms with Crippen molar-refractivity contribution in [3.05, 3.63) is 35.8 Å². The Kier molecular flexibility index (Phi) is 5.81. The van der Waals surface area contributed by atoms with Gasteiger partial charge in [0.1, 0.15) is 17.0 Å². The number of hydrogen-bond acceptors (Lipinski definition) is 5. The third kappa shape index (κ3) is 3.75. The number of fused-ring (bicyclic) bond motifs is 1. The molecule has 3 aromatic heterocycles. The fourth-order valence-electron chi connectivity index (χ4n) is 2.83. The van der Waals surface area contributed by atoms with Gasteiger partial charge in [0, 0.05) is 25.0 Å². The van der Waals surface area contributed by atoms with Gasteiger partial charge in [-0.2, -0.15) is 27.1 Å². The van der Waals surface area contributed by atoms with Gasteiger partial charge in [0.25, 0.3) is 0 Å². The van der Waals surface area contributed by atoms with Crippen molar-refractivity contribution < 1.29 is 31.5 Å². The Morgan fingerprint density at radius 3 is 2.53 bits per heavy atom. The molecule has 0 radical (unpaired) electrons. The molecule has 0 saturated heterocycles. The zero-order valence-electron chi connectivity index (χ0n) is 16.1. The average molecular weight is 448 g/mol. The highest BCUT2D eigenvalue weighted by Crippen LogP contribution is 2.44. The van der Waals surface area contributed by atoms with Gasteiger partial charge in [-0.3, -0.25) is 4.68 Å². The van der Waals surface area contributed by atoms with Gasteiger partial charge < -0.3 is 9.14 Å². The molecule has 0 saturated carbocycles. The topological polar surface area (TPSA) is 61.4 Å². The minimum atomic E-state index is -5.72. The smallest absolute Gasteiger partial charge is 0.458 e. The first kappa shape index (κ1) is 22.1. The second-order valence-corrected chi connectivity index (χ2v) is 7.46. The van der Waals surface area contributed by atoms with Gasteiger partial charge in [-0.25, -0.2) is 9.78 Å². The number of alkyl halides is 5. The van der Waals surface area contributed by atoms with E-state index < -0.39 is 23.6 Å². The summed E-state index contributed by atoms with van der Waals surface area (Å²) in [6.45, 7) is 3.70. The molecule has 0 amide bonds. The van der Waals surface area contributed by atoms with Gasteiger partial charge in [0.15, 0.2) is 5.69 Å². The van der Waals surface area contributed by atoms with Crippen LogP contribution in [0.5, 0.6) is 0 Å². The monoisotopic (exact) mass is 448 g/mol. The summed E-state index contributed by atoms with van der Waals surface area (Å²) in [5.74, 6) is -4.99. The van der Waals surface area contributed by atoms with Gasteiger partial charge in [0.05, 0.1) is 11.5 Å². The molecule has 0 N–H and O–H groups in total. The maximum absolute atomic E-state index is 13.7. The van der Waals surface area contributed by atoms with Crippen LogP contribution in [0.2, 0.25) is 0 Å². The van der Waals surface area contributed by atoms with Crippen LogP contribution in [-0.4, -0.2) is 43.7 Å². The lowest BCUT2D eigenvalue weighted by Crippen LogP contribution is -2.33. The number of hydrogen-bond donors (Lipinski definition) is 0. The molecule has 0 aliphatic heterocycles. The first-order valence-corrected chi connectivity index (χ1v) is 9.80. The van der Waals surface area contributed by atoms with Gasteiger partial charge in [-0.1, -0.05) is 6.92 Å². The molecule has 0 unspecified atom stereocenters. The number of carbonyl (C=O) groups excluding carboxylic acids is 1. The van der Waals surface area contributed by atoms with Gasteiger partial charge in [0.2, 0.25) is 0 Å². The van der Waals surface area contributed by atoms with Crippen molar-refractivity contribution in [2.24, 2.45) is 7.05 Å². The number of ether oxygens (including phenoxy) is 1. The largest absolute Gasteiger partial charge is 0.461 e. The van der Waals surface area contributed by atoms with Crippen molar-refractivity contribution in [3.63, 3.8) is 0 Å². The summed E-state index contributed by atoms with van der Waals surface area (Å²) in [5.41, 5.74) is -0.580. The van der Waals surface area contributed by atoms with E-state index in [1.807, 2.05) is 6.92 Å². The first-order valence-electron chi connectivity index (χ1n) is 8.82. The molecule has 0 aliphatic rings. The number of carbonyl (C=O) groups is 1. The van der Waals surface area contributed by atoms with Crippen LogP contribution in [0.1, 0.15) is 29.9 Å². The summed E-state index contributed by atoms with van der Waals surface area (Å²) in [6, 6.07) is 1.37. The Bertz CT molecular complexity index is 1090. The van der Waals surface area contributed by atoms with Crippen LogP contribution in [0.15, 0.2) is 29.4 Å². The quantitative estimate of drug-likeness (QED) is 0.311. The molecular formula is C18H17F5N4O2S. The Balaban J connectivity index is 2.12. The van der Waals surface area contributed by atoms with E-state index in [1.165, 1.54) is 27.0 Å². The summed E-state index contributed by atoms with van der Waals surface area (Å²) in [6.07, 6.45) is -3.20. The molecule has 162 valence electrons. The molecule has 0 aromatic carbocycles. The minimum Gasteiger partial charge on any atom is -0.461 e. The summed E-state index contributed by atoms with van der Waals surface area (Å²) in [4.78, 5) is 17.0. The molecule has 3 heterocycles. The highest BCUT2D eigenvalue weighted by molar-refractivity contribution is 7.99. The number of nitrogens with zero attached hydrogens (tertiary/aromatic N) is 4. The molecule has 0 aliphatic carbocycles. The van der Waals surface area contributed by atoms with Crippen LogP contribution < -0.4 is 0 Å². The van der Waals surface area contributed by atoms with Crippen molar-refractivity contribution in [1.29, 1.82) is 0 Å². The van der Waals surface area contributed by atoms with E-state index in [-0.39, 0.29) is 23.6 Å². The van der Waals surface area contributed by atoms with E-state index in [0.717, 1.165) is 6.20 Å². The van der Waals surface area contributed by atoms with Gasteiger partial charge >= 0.3 is 18.1 Å². The number of aryl methyl sites for hydroxylation is 1. The van der Waals surface area contributed by atoms with Crippen LogP contribution in [0, 0.1) is 0 Å². The minimum absolute atomic E-state index is 0.109. The number of halogens is 5. The average Bonchev–Trinajstić information content (AvgIpc) is 3.21. The number of rotatable bonds is 6.